The molecule has 3 aromatic rings. The predicted molar refractivity (Wildman–Crippen MR) is 129 cm³/mol. The van der Waals surface area contributed by atoms with Gasteiger partial charge in [0, 0.05) is 41.9 Å². The van der Waals surface area contributed by atoms with Crippen LogP contribution in [-0.4, -0.2) is 45.2 Å². The first-order valence-corrected chi connectivity index (χ1v) is 11.3. The van der Waals surface area contributed by atoms with Crippen molar-refractivity contribution in [1.29, 1.82) is 0 Å². The zero-order chi connectivity index (χ0) is 24.2. The molecule has 1 aliphatic rings. The monoisotopic (exact) mass is 477 g/mol. The number of aromatic nitrogens is 1. The number of halogens is 1. The fourth-order valence-electron chi connectivity index (χ4n) is 4.00. The standard InChI is InChI=1S/C26H24ClN3O4/c1-16-2-9-24(28-14-16)29-25(33)18-5-3-17(4-6-18)15-30-22(10-11-31)23(32)13-19-12-20(27)7-8-21(19)26(30)34/h2-9,12,14,22,31H,10-11,13,15H2,1H3,(H,28,29,33)/t22-/m1/s1. The molecule has 34 heavy (non-hydrogen) atoms. The van der Waals surface area contributed by atoms with Crippen LogP contribution in [0.15, 0.2) is 60.8 Å². The molecule has 0 aliphatic carbocycles. The van der Waals surface area contributed by atoms with E-state index in [1.807, 2.05) is 13.0 Å². The molecule has 174 valence electrons. The van der Waals surface area contributed by atoms with E-state index in [0.717, 1.165) is 11.1 Å². The van der Waals surface area contributed by atoms with E-state index in [1.165, 1.54) is 4.90 Å². The Morgan fingerprint density at radius 3 is 2.59 bits per heavy atom. The third-order valence-electron chi connectivity index (χ3n) is 5.80. The van der Waals surface area contributed by atoms with Crippen LogP contribution in [0, 0.1) is 6.92 Å². The number of hydrogen-bond acceptors (Lipinski definition) is 5. The molecule has 2 N–H and O–H groups in total. The number of carbonyl (C=O) groups is 3. The van der Waals surface area contributed by atoms with E-state index in [4.69, 9.17) is 11.6 Å². The van der Waals surface area contributed by atoms with Crippen molar-refractivity contribution in [2.45, 2.75) is 32.4 Å². The van der Waals surface area contributed by atoms with Gasteiger partial charge in [-0.1, -0.05) is 29.8 Å². The summed E-state index contributed by atoms with van der Waals surface area (Å²) in [6.45, 7) is 1.86. The third kappa shape index (κ3) is 5.16. The molecule has 7 nitrogen and oxygen atoms in total. The van der Waals surface area contributed by atoms with Gasteiger partial charge in [0.1, 0.15) is 5.82 Å². The first-order chi connectivity index (χ1) is 16.4. The lowest BCUT2D eigenvalue weighted by molar-refractivity contribution is -0.123. The number of nitrogens with one attached hydrogen (secondary N) is 1. The number of aliphatic hydroxyl groups excluding tert-OH is 1. The van der Waals surface area contributed by atoms with Crippen LogP contribution < -0.4 is 5.32 Å². The fourth-order valence-corrected chi connectivity index (χ4v) is 4.20. The Labute approximate surface area is 202 Å². The Morgan fingerprint density at radius 1 is 1.15 bits per heavy atom. The fraction of sp³-hybridized carbons (Fsp3) is 0.231. The molecule has 0 spiro atoms. The van der Waals surface area contributed by atoms with E-state index < -0.39 is 6.04 Å². The van der Waals surface area contributed by atoms with Gasteiger partial charge in [0.2, 0.25) is 0 Å². The number of hydrogen-bond donors (Lipinski definition) is 2. The molecule has 1 aliphatic heterocycles. The molecule has 0 bridgehead atoms. The molecule has 1 aromatic heterocycles. The summed E-state index contributed by atoms with van der Waals surface area (Å²) in [4.78, 5) is 44.5. The van der Waals surface area contributed by atoms with Gasteiger partial charge in [-0.05, 0) is 66.4 Å². The number of fused-ring (bicyclic) bond motifs is 1. The summed E-state index contributed by atoms with van der Waals surface area (Å²) < 4.78 is 0. The van der Waals surface area contributed by atoms with Crippen LogP contribution >= 0.6 is 11.6 Å². The second-order valence-corrected chi connectivity index (χ2v) is 8.71. The van der Waals surface area contributed by atoms with Crippen LogP contribution in [0.25, 0.3) is 0 Å². The number of benzene rings is 2. The highest BCUT2D eigenvalue weighted by Crippen LogP contribution is 2.26. The number of rotatable bonds is 6. The van der Waals surface area contributed by atoms with Crippen LogP contribution in [-0.2, 0) is 17.8 Å². The van der Waals surface area contributed by atoms with Gasteiger partial charge in [-0.15, -0.1) is 0 Å². The van der Waals surface area contributed by atoms with Crippen LogP contribution in [0.3, 0.4) is 0 Å². The summed E-state index contributed by atoms with van der Waals surface area (Å²) in [5.41, 5.74) is 3.21. The first-order valence-electron chi connectivity index (χ1n) is 10.9. The maximum atomic E-state index is 13.4. The van der Waals surface area contributed by atoms with E-state index in [-0.39, 0.29) is 43.6 Å². The number of aliphatic hydroxyl groups is 1. The lowest BCUT2D eigenvalue weighted by Gasteiger charge is -2.29. The Hall–Kier alpha value is -3.55. The Morgan fingerprint density at radius 2 is 1.91 bits per heavy atom. The lowest BCUT2D eigenvalue weighted by atomic mass is 10.0. The van der Waals surface area contributed by atoms with Crippen LogP contribution in [0.4, 0.5) is 5.82 Å². The number of pyridine rings is 1. The van der Waals surface area contributed by atoms with Crippen LogP contribution in [0.1, 0.15) is 43.8 Å². The topological polar surface area (TPSA) is 99.6 Å². The molecule has 0 saturated heterocycles. The van der Waals surface area contributed by atoms with Crippen molar-refractivity contribution in [2.24, 2.45) is 0 Å². The summed E-state index contributed by atoms with van der Waals surface area (Å²) in [6, 6.07) is 14.6. The summed E-state index contributed by atoms with van der Waals surface area (Å²) in [5.74, 6) is -0.278. The SMILES string of the molecule is Cc1ccc(NC(=O)c2ccc(CN3C(=O)c4ccc(Cl)cc4CC(=O)[C@H]3CCO)cc2)nc1. The minimum atomic E-state index is -0.751. The Kier molecular flexibility index (Phi) is 7.05. The van der Waals surface area contributed by atoms with Gasteiger partial charge < -0.3 is 15.3 Å². The van der Waals surface area contributed by atoms with Crippen molar-refractivity contribution in [3.05, 3.63) is 93.6 Å². The summed E-state index contributed by atoms with van der Waals surface area (Å²) >= 11 is 6.07. The van der Waals surface area contributed by atoms with Gasteiger partial charge in [-0.3, -0.25) is 14.4 Å². The molecule has 2 amide bonds. The normalized spacial score (nSPS) is 15.6. The summed E-state index contributed by atoms with van der Waals surface area (Å²) in [5, 5.41) is 12.7. The average Bonchev–Trinajstić information content (AvgIpc) is 2.91. The maximum Gasteiger partial charge on any atom is 0.256 e. The molecule has 0 unspecified atom stereocenters. The van der Waals surface area contributed by atoms with Crippen molar-refractivity contribution in [2.75, 3.05) is 11.9 Å². The average molecular weight is 478 g/mol. The van der Waals surface area contributed by atoms with E-state index in [2.05, 4.69) is 10.3 Å². The van der Waals surface area contributed by atoms with E-state index in [9.17, 15) is 19.5 Å². The zero-order valence-corrected chi connectivity index (χ0v) is 19.4. The predicted octanol–water partition coefficient (Wildman–Crippen LogP) is 3.81. The van der Waals surface area contributed by atoms with Crippen molar-refractivity contribution >= 4 is 35.0 Å². The number of anilines is 1. The van der Waals surface area contributed by atoms with Gasteiger partial charge in [0.05, 0.1) is 6.04 Å². The molecule has 0 radical (unpaired) electrons. The highest BCUT2D eigenvalue weighted by molar-refractivity contribution is 6.30. The third-order valence-corrected chi connectivity index (χ3v) is 6.03. The van der Waals surface area contributed by atoms with Crippen molar-refractivity contribution in [3.8, 4) is 0 Å². The molecule has 8 heteroatoms. The molecular weight excluding hydrogens is 454 g/mol. The number of amides is 2. The molecule has 0 saturated carbocycles. The van der Waals surface area contributed by atoms with Crippen LogP contribution in [0.2, 0.25) is 5.02 Å². The Bertz CT molecular complexity index is 1230. The second-order valence-electron chi connectivity index (χ2n) is 8.28. The lowest BCUT2D eigenvalue weighted by Crippen LogP contribution is -2.43. The smallest absolute Gasteiger partial charge is 0.256 e. The molecule has 0 fully saturated rings. The number of nitrogens with zero attached hydrogens (tertiary/aromatic N) is 2. The highest BCUT2D eigenvalue weighted by Gasteiger charge is 2.35. The zero-order valence-electron chi connectivity index (χ0n) is 18.6. The van der Waals surface area contributed by atoms with Gasteiger partial charge in [-0.2, -0.15) is 0 Å². The first kappa shape index (κ1) is 23.6. The number of aryl methyl sites for hydroxylation is 1. The number of ketones is 1. The van der Waals surface area contributed by atoms with Gasteiger partial charge >= 0.3 is 0 Å². The quantitative estimate of drug-likeness (QED) is 0.562. The van der Waals surface area contributed by atoms with Gasteiger partial charge in [0.15, 0.2) is 5.78 Å². The summed E-state index contributed by atoms with van der Waals surface area (Å²) in [7, 11) is 0. The maximum absolute atomic E-state index is 13.4. The summed E-state index contributed by atoms with van der Waals surface area (Å²) in [6.07, 6.45) is 1.90. The minimum absolute atomic E-state index is 0.0783. The number of Topliss-reactive ketones (excluding diaryl/α,β-unsaturated/α-hetero) is 1. The highest BCUT2D eigenvalue weighted by atomic mass is 35.5. The van der Waals surface area contributed by atoms with Crippen LogP contribution in [0.5, 0.6) is 0 Å². The van der Waals surface area contributed by atoms with E-state index >= 15 is 0 Å². The van der Waals surface area contributed by atoms with Crippen molar-refractivity contribution < 1.29 is 19.5 Å². The Balaban J connectivity index is 1.55. The van der Waals surface area contributed by atoms with E-state index in [0.29, 0.717) is 27.5 Å². The largest absolute Gasteiger partial charge is 0.396 e. The van der Waals surface area contributed by atoms with Crippen molar-refractivity contribution in [1.82, 2.24) is 9.88 Å². The molecule has 1 atom stereocenters. The molecule has 4 rings (SSSR count). The van der Waals surface area contributed by atoms with E-state index in [1.54, 1.807) is 54.7 Å². The molecular formula is C26H24ClN3O4. The van der Waals surface area contributed by atoms with Gasteiger partial charge in [0.25, 0.3) is 11.8 Å². The molecule has 2 aromatic carbocycles. The van der Waals surface area contributed by atoms with Gasteiger partial charge in [-0.25, -0.2) is 4.98 Å². The second kappa shape index (κ2) is 10.2. The minimum Gasteiger partial charge on any atom is -0.396 e. The van der Waals surface area contributed by atoms with Crippen molar-refractivity contribution in [3.63, 3.8) is 0 Å². The molecule has 2 heterocycles. The number of carbonyl (C=O) groups excluding carboxylic acids is 3.